The molecule has 1 aliphatic heterocycles. The molecule has 2 aliphatic rings. The predicted octanol–water partition coefficient (Wildman–Crippen LogP) is 4.64. The van der Waals surface area contributed by atoms with Crippen LogP contribution in [0, 0.1) is 0 Å². The summed E-state index contributed by atoms with van der Waals surface area (Å²) in [5.74, 6) is 0.830. The number of hydrogen-bond acceptors (Lipinski definition) is 5. The third-order valence-electron chi connectivity index (χ3n) is 6.83. The van der Waals surface area contributed by atoms with Crippen molar-refractivity contribution in [3.05, 3.63) is 70.9 Å². The summed E-state index contributed by atoms with van der Waals surface area (Å²) in [5, 5.41) is 0.885. The van der Waals surface area contributed by atoms with Gasteiger partial charge in [-0.1, -0.05) is 30.3 Å². The molecule has 1 fully saturated rings. The van der Waals surface area contributed by atoms with E-state index in [-0.39, 0.29) is 12.0 Å². The van der Waals surface area contributed by atoms with Gasteiger partial charge in [-0.2, -0.15) is 0 Å². The molecule has 0 radical (unpaired) electrons. The van der Waals surface area contributed by atoms with Gasteiger partial charge in [0.1, 0.15) is 5.75 Å². The summed E-state index contributed by atoms with van der Waals surface area (Å²) in [6, 6.07) is 15.8. The molecule has 1 aliphatic carbocycles. The summed E-state index contributed by atoms with van der Waals surface area (Å²) in [4.78, 5) is 34.5. The van der Waals surface area contributed by atoms with E-state index in [0.717, 1.165) is 57.5 Å². The fourth-order valence-corrected chi connectivity index (χ4v) is 5.01. The maximum absolute atomic E-state index is 13.9. The molecular weight excluding hydrogens is 442 g/mol. The molecule has 7 heteroatoms. The van der Waals surface area contributed by atoms with Crippen molar-refractivity contribution in [2.75, 3.05) is 40.4 Å². The Labute approximate surface area is 205 Å². The molecule has 2 amide bonds. The van der Waals surface area contributed by atoms with Gasteiger partial charge in [0.2, 0.25) is 0 Å². The van der Waals surface area contributed by atoms with Gasteiger partial charge < -0.3 is 19.3 Å². The maximum atomic E-state index is 13.9. The van der Waals surface area contributed by atoms with E-state index in [2.05, 4.69) is 6.08 Å². The lowest BCUT2D eigenvalue weighted by Crippen LogP contribution is -2.37. The van der Waals surface area contributed by atoms with Gasteiger partial charge in [0, 0.05) is 31.6 Å². The summed E-state index contributed by atoms with van der Waals surface area (Å²) in [5.41, 5.74) is 5.71. The van der Waals surface area contributed by atoms with E-state index >= 15 is 0 Å². The number of fused-ring (bicyclic) bond motifs is 2. The average molecular weight is 472 g/mol. The summed E-state index contributed by atoms with van der Waals surface area (Å²) in [7, 11) is 3.05. The van der Waals surface area contributed by atoms with E-state index in [9.17, 15) is 9.59 Å². The highest BCUT2D eigenvalue weighted by Gasteiger charge is 2.30. The highest BCUT2D eigenvalue weighted by atomic mass is 16.5. The van der Waals surface area contributed by atoms with E-state index in [1.807, 2.05) is 53.4 Å². The largest absolute Gasteiger partial charge is 0.497 e. The molecule has 1 aromatic heterocycles. The number of rotatable bonds is 3. The molecule has 3 aromatic rings. The van der Waals surface area contributed by atoms with Crippen LogP contribution in [0.2, 0.25) is 0 Å². The van der Waals surface area contributed by atoms with Crippen LogP contribution >= 0.6 is 0 Å². The topological polar surface area (TPSA) is 72.0 Å². The SMILES string of the molecule is COC(=O)N1CCCN(C(=O)c2c3c(nc4ccccc24)/C(=C\c2ccc(OC)cc2)CC3)CC1. The molecule has 2 aromatic carbocycles. The summed E-state index contributed by atoms with van der Waals surface area (Å²) >= 11 is 0. The number of carbonyl (C=O) groups excluding carboxylic acids is 2. The minimum absolute atomic E-state index is 0.0114. The van der Waals surface area contributed by atoms with Gasteiger partial charge in [-0.3, -0.25) is 4.79 Å². The average Bonchev–Trinajstić information content (AvgIpc) is 3.12. The van der Waals surface area contributed by atoms with Crippen molar-refractivity contribution in [3.8, 4) is 5.75 Å². The number of aromatic nitrogens is 1. The van der Waals surface area contributed by atoms with E-state index in [0.29, 0.717) is 32.6 Å². The zero-order valence-electron chi connectivity index (χ0n) is 20.1. The predicted molar refractivity (Wildman–Crippen MR) is 135 cm³/mol. The van der Waals surface area contributed by atoms with Crippen molar-refractivity contribution in [1.82, 2.24) is 14.8 Å². The van der Waals surface area contributed by atoms with Crippen LogP contribution in [-0.4, -0.2) is 67.2 Å². The second-order valence-electron chi connectivity index (χ2n) is 8.88. The number of benzene rings is 2. The highest BCUT2D eigenvalue weighted by molar-refractivity contribution is 6.09. The Morgan fingerprint density at radius 2 is 1.66 bits per heavy atom. The van der Waals surface area contributed by atoms with Crippen molar-refractivity contribution >= 4 is 34.6 Å². The molecule has 2 heterocycles. The van der Waals surface area contributed by atoms with Crippen LogP contribution < -0.4 is 4.74 Å². The number of pyridine rings is 1. The normalized spacial score (nSPS) is 16.8. The first-order chi connectivity index (χ1) is 17.1. The highest BCUT2D eigenvalue weighted by Crippen LogP contribution is 2.38. The first-order valence-electron chi connectivity index (χ1n) is 12.0. The quantitative estimate of drug-likeness (QED) is 0.556. The van der Waals surface area contributed by atoms with E-state index in [4.69, 9.17) is 14.5 Å². The lowest BCUT2D eigenvalue weighted by molar-refractivity contribution is 0.0758. The van der Waals surface area contributed by atoms with Crippen molar-refractivity contribution in [1.29, 1.82) is 0 Å². The third-order valence-corrected chi connectivity index (χ3v) is 6.83. The number of ether oxygens (including phenoxy) is 2. The Bertz CT molecular complexity index is 1300. The smallest absolute Gasteiger partial charge is 0.409 e. The molecule has 35 heavy (non-hydrogen) atoms. The minimum atomic E-state index is -0.345. The number of nitrogens with zero attached hydrogens (tertiary/aromatic N) is 3. The second kappa shape index (κ2) is 9.78. The van der Waals surface area contributed by atoms with Crippen LogP contribution in [0.15, 0.2) is 48.5 Å². The second-order valence-corrected chi connectivity index (χ2v) is 8.88. The van der Waals surface area contributed by atoms with Crippen LogP contribution in [0.5, 0.6) is 5.75 Å². The third kappa shape index (κ3) is 4.46. The van der Waals surface area contributed by atoms with Crippen molar-refractivity contribution in [3.63, 3.8) is 0 Å². The molecule has 0 atom stereocenters. The Morgan fingerprint density at radius 1 is 0.914 bits per heavy atom. The first-order valence-corrected chi connectivity index (χ1v) is 12.0. The lowest BCUT2D eigenvalue weighted by Gasteiger charge is -2.23. The van der Waals surface area contributed by atoms with Crippen LogP contribution in [-0.2, 0) is 11.2 Å². The molecular formula is C28H29N3O4. The Morgan fingerprint density at radius 3 is 2.43 bits per heavy atom. The van der Waals surface area contributed by atoms with Crippen molar-refractivity contribution in [2.45, 2.75) is 19.3 Å². The first kappa shape index (κ1) is 22.9. The number of methoxy groups -OCH3 is 2. The lowest BCUT2D eigenvalue weighted by atomic mass is 9.99. The van der Waals surface area contributed by atoms with Gasteiger partial charge in [-0.25, -0.2) is 9.78 Å². The molecule has 1 saturated heterocycles. The molecule has 0 spiro atoms. The standard InChI is InChI=1S/C28H29N3O4/c1-34-21-11-8-19(9-12-21)18-20-10-13-23-25(22-6-3-4-7-24(22)29-26(20)23)27(32)30-14-5-15-31(17-16-30)28(33)35-2/h3-4,6-9,11-12,18H,5,10,13-17H2,1-2H3/b20-18-. The molecule has 180 valence electrons. The van der Waals surface area contributed by atoms with Gasteiger partial charge in [-0.05, 0) is 60.2 Å². The molecule has 7 nitrogen and oxygen atoms in total. The van der Waals surface area contributed by atoms with Crippen molar-refractivity contribution in [2.24, 2.45) is 0 Å². The van der Waals surface area contributed by atoms with Gasteiger partial charge in [-0.15, -0.1) is 0 Å². The van der Waals surface area contributed by atoms with Crippen LogP contribution in [0.3, 0.4) is 0 Å². The van der Waals surface area contributed by atoms with Crippen LogP contribution in [0.25, 0.3) is 22.6 Å². The van der Waals surface area contributed by atoms with E-state index in [1.165, 1.54) is 7.11 Å². The summed E-state index contributed by atoms with van der Waals surface area (Å²) in [6.07, 6.45) is 4.14. The molecule has 0 saturated carbocycles. The van der Waals surface area contributed by atoms with E-state index in [1.54, 1.807) is 12.0 Å². The Kier molecular flexibility index (Phi) is 6.40. The van der Waals surface area contributed by atoms with Crippen molar-refractivity contribution < 1.29 is 19.1 Å². The molecule has 0 N–H and O–H groups in total. The number of para-hydroxylation sites is 1. The molecule has 5 rings (SSSR count). The summed E-state index contributed by atoms with van der Waals surface area (Å²) in [6.45, 7) is 2.13. The number of carbonyl (C=O) groups is 2. The Balaban J connectivity index is 1.52. The van der Waals surface area contributed by atoms with Crippen LogP contribution in [0.1, 0.15) is 40.0 Å². The van der Waals surface area contributed by atoms with Crippen LogP contribution in [0.4, 0.5) is 4.79 Å². The van der Waals surface area contributed by atoms with E-state index < -0.39 is 0 Å². The van der Waals surface area contributed by atoms with Gasteiger partial charge in [0.25, 0.3) is 5.91 Å². The fourth-order valence-electron chi connectivity index (χ4n) is 5.01. The zero-order valence-corrected chi connectivity index (χ0v) is 20.1. The molecule has 0 unspecified atom stereocenters. The molecule has 0 bridgehead atoms. The van der Waals surface area contributed by atoms with Gasteiger partial charge in [0.05, 0.1) is 31.0 Å². The fraction of sp³-hybridized carbons (Fsp3) is 0.321. The zero-order chi connectivity index (χ0) is 24.4. The number of amides is 2. The maximum Gasteiger partial charge on any atom is 0.409 e. The number of hydrogen-bond donors (Lipinski definition) is 0. The monoisotopic (exact) mass is 471 g/mol. The summed E-state index contributed by atoms with van der Waals surface area (Å²) < 4.78 is 10.2. The Hall–Kier alpha value is -3.87. The van der Waals surface area contributed by atoms with Gasteiger partial charge >= 0.3 is 6.09 Å². The minimum Gasteiger partial charge on any atom is -0.497 e. The number of allylic oxidation sites excluding steroid dienone is 1. The van der Waals surface area contributed by atoms with Gasteiger partial charge in [0.15, 0.2) is 0 Å².